The van der Waals surface area contributed by atoms with Crippen molar-refractivity contribution in [3.63, 3.8) is 0 Å². The van der Waals surface area contributed by atoms with Gasteiger partial charge in [0.1, 0.15) is 10.8 Å². The highest BCUT2D eigenvalue weighted by Gasteiger charge is 2.11. The van der Waals surface area contributed by atoms with E-state index >= 15 is 0 Å². The Morgan fingerprint density at radius 2 is 1.80 bits per heavy atom. The van der Waals surface area contributed by atoms with Gasteiger partial charge in [-0.05, 0) is 58.6 Å². The van der Waals surface area contributed by atoms with E-state index in [1.807, 2.05) is 0 Å². The predicted octanol–water partition coefficient (Wildman–Crippen LogP) is 1.96. The number of tetrazole rings is 1. The zero-order chi connectivity index (χ0) is 13.9. The van der Waals surface area contributed by atoms with Crippen molar-refractivity contribution in [2.75, 3.05) is 0 Å². The van der Waals surface area contributed by atoms with Crippen molar-refractivity contribution in [1.29, 1.82) is 0 Å². The zero-order valence-corrected chi connectivity index (χ0v) is 11.5. The first-order valence-corrected chi connectivity index (χ1v) is 6.67. The molecule has 3 aromatic rings. The smallest absolute Gasteiger partial charge is 0.220 e. The molecule has 7 nitrogen and oxygen atoms in total. The lowest BCUT2D eigenvalue weighted by molar-refractivity contribution is 0.475. The minimum atomic E-state index is 0.180. The average Bonchev–Trinajstić information content (AvgIpc) is 2.90. The number of halogens is 1. The van der Waals surface area contributed by atoms with Crippen molar-refractivity contribution >= 4 is 23.4 Å². The molecule has 0 aliphatic carbocycles. The molecular formula is C11H7ClN6OS. The fourth-order valence-electron chi connectivity index (χ4n) is 1.45. The molecular weight excluding hydrogens is 300 g/mol. The first-order chi connectivity index (χ1) is 9.72. The van der Waals surface area contributed by atoms with Crippen molar-refractivity contribution in [2.24, 2.45) is 0 Å². The van der Waals surface area contributed by atoms with Gasteiger partial charge in [0.2, 0.25) is 5.16 Å². The van der Waals surface area contributed by atoms with Crippen LogP contribution in [0.1, 0.15) is 0 Å². The third-order valence-electron chi connectivity index (χ3n) is 2.34. The molecule has 0 amide bonds. The van der Waals surface area contributed by atoms with Crippen molar-refractivity contribution in [1.82, 2.24) is 30.4 Å². The summed E-state index contributed by atoms with van der Waals surface area (Å²) < 4.78 is 1.54. The van der Waals surface area contributed by atoms with Crippen molar-refractivity contribution in [3.05, 3.63) is 41.6 Å². The van der Waals surface area contributed by atoms with E-state index in [1.54, 1.807) is 41.1 Å². The van der Waals surface area contributed by atoms with Crippen molar-refractivity contribution in [3.8, 4) is 11.4 Å². The van der Waals surface area contributed by atoms with E-state index in [-0.39, 0.29) is 5.75 Å². The number of benzene rings is 1. The Balaban J connectivity index is 1.90. The second kappa shape index (κ2) is 5.43. The van der Waals surface area contributed by atoms with Crippen LogP contribution in [0, 0.1) is 0 Å². The highest BCUT2D eigenvalue weighted by molar-refractivity contribution is 7.99. The second-order valence-corrected chi connectivity index (χ2v) is 5.06. The molecule has 0 fully saturated rings. The topological polar surface area (TPSA) is 89.6 Å². The van der Waals surface area contributed by atoms with Crippen LogP contribution in [0.4, 0.5) is 0 Å². The summed E-state index contributed by atoms with van der Waals surface area (Å²) in [6, 6.07) is 9.93. The Hall–Kier alpha value is -2.19. The molecule has 3 rings (SSSR count). The van der Waals surface area contributed by atoms with Crippen molar-refractivity contribution < 1.29 is 5.11 Å². The van der Waals surface area contributed by atoms with Crippen LogP contribution in [-0.2, 0) is 0 Å². The third-order valence-corrected chi connectivity index (χ3v) is 3.40. The summed E-state index contributed by atoms with van der Waals surface area (Å²) in [7, 11) is 0. The molecule has 0 radical (unpaired) electrons. The molecule has 0 unspecified atom stereocenters. The summed E-state index contributed by atoms with van der Waals surface area (Å²) in [5, 5.41) is 30.0. The molecule has 0 saturated heterocycles. The van der Waals surface area contributed by atoms with Crippen LogP contribution < -0.4 is 0 Å². The molecule has 1 aromatic carbocycles. The van der Waals surface area contributed by atoms with E-state index in [1.165, 1.54) is 11.8 Å². The van der Waals surface area contributed by atoms with Crippen LogP contribution in [0.25, 0.3) is 5.69 Å². The third kappa shape index (κ3) is 2.70. The van der Waals surface area contributed by atoms with Gasteiger partial charge in [0.05, 0.1) is 5.69 Å². The Kier molecular flexibility index (Phi) is 3.48. The lowest BCUT2D eigenvalue weighted by Gasteiger charge is -2.03. The van der Waals surface area contributed by atoms with Gasteiger partial charge in [-0.25, -0.2) is 0 Å². The van der Waals surface area contributed by atoms with Crippen LogP contribution in [0.2, 0.25) is 5.15 Å². The van der Waals surface area contributed by atoms with Crippen LogP contribution in [-0.4, -0.2) is 35.5 Å². The minimum Gasteiger partial charge on any atom is -0.508 e. The molecule has 0 bridgehead atoms. The lowest BCUT2D eigenvalue weighted by atomic mass is 10.3. The van der Waals surface area contributed by atoms with Gasteiger partial charge in [-0.1, -0.05) is 11.6 Å². The number of aromatic nitrogens is 6. The van der Waals surface area contributed by atoms with Gasteiger partial charge in [-0.15, -0.1) is 15.3 Å². The fraction of sp³-hybridized carbons (Fsp3) is 0. The van der Waals surface area contributed by atoms with Gasteiger partial charge in [0, 0.05) is 0 Å². The van der Waals surface area contributed by atoms with Gasteiger partial charge in [0.15, 0.2) is 5.15 Å². The lowest BCUT2D eigenvalue weighted by Crippen LogP contribution is -1.98. The summed E-state index contributed by atoms with van der Waals surface area (Å²) in [5.74, 6) is 0.180. The standard InChI is InChI=1S/C11H7ClN6OS/c12-9-5-6-10(14-13-9)20-11-15-16-17-18(11)7-1-3-8(19)4-2-7/h1-6,19H. The Bertz CT molecular complexity index is 715. The summed E-state index contributed by atoms with van der Waals surface area (Å²) in [6.45, 7) is 0. The van der Waals surface area contributed by atoms with Crippen LogP contribution in [0.3, 0.4) is 0 Å². The van der Waals surface area contributed by atoms with Gasteiger partial charge in [0.25, 0.3) is 0 Å². The molecule has 0 atom stereocenters. The van der Waals surface area contributed by atoms with Crippen molar-refractivity contribution in [2.45, 2.75) is 10.2 Å². The molecule has 0 aliphatic heterocycles. The highest BCUT2D eigenvalue weighted by Crippen LogP contribution is 2.25. The molecule has 9 heteroatoms. The highest BCUT2D eigenvalue weighted by atomic mass is 35.5. The van der Waals surface area contributed by atoms with Crippen LogP contribution >= 0.6 is 23.4 Å². The van der Waals surface area contributed by atoms with E-state index in [0.29, 0.717) is 15.3 Å². The number of aromatic hydroxyl groups is 1. The minimum absolute atomic E-state index is 0.180. The second-order valence-electron chi connectivity index (χ2n) is 3.69. The predicted molar refractivity (Wildman–Crippen MR) is 72.0 cm³/mol. The largest absolute Gasteiger partial charge is 0.508 e. The number of phenolic OH excluding ortho intramolecular Hbond substituents is 1. The first kappa shape index (κ1) is 12.8. The Morgan fingerprint density at radius 1 is 1.00 bits per heavy atom. The number of hydrogen-bond acceptors (Lipinski definition) is 7. The van der Waals surface area contributed by atoms with E-state index in [4.69, 9.17) is 11.6 Å². The number of hydrogen-bond donors (Lipinski definition) is 1. The summed E-state index contributed by atoms with van der Waals surface area (Å²) in [6.07, 6.45) is 0. The molecule has 0 aliphatic rings. The molecule has 1 N–H and O–H groups in total. The van der Waals surface area contributed by atoms with Crippen LogP contribution in [0.5, 0.6) is 5.75 Å². The number of phenols is 1. The number of rotatable bonds is 3. The maximum absolute atomic E-state index is 9.29. The monoisotopic (exact) mass is 306 g/mol. The van der Waals surface area contributed by atoms with E-state index in [2.05, 4.69) is 25.7 Å². The molecule has 2 heterocycles. The normalized spacial score (nSPS) is 10.7. The van der Waals surface area contributed by atoms with Gasteiger partial charge in [-0.2, -0.15) is 4.68 Å². The van der Waals surface area contributed by atoms with Gasteiger partial charge in [-0.3, -0.25) is 0 Å². The van der Waals surface area contributed by atoms with E-state index in [0.717, 1.165) is 5.69 Å². The van der Waals surface area contributed by atoms with E-state index < -0.39 is 0 Å². The first-order valence-electron chi connectivity index (χ1n) is 5.47. The van der Waals surface area contributed by atoms with E-state index in [9.17, 15) is 5.11 Å². The fourth-order valence-corrected chi connectivity index (χ4v) is 2.26. The molecule has 0 spiro atoms. The maximum Gasteiger partial charge on any atom is 0.220 e. The zero-order valence-electron chi connectivity index (χ0n) is 9.88. The Labute approximate surface area is 122 Å². The SMILES string of the molecule is Oc1ccc(-n2nnnc2Sc2ccc(Cl)nn2)cc1. The molecule has 0 saturated carbocycles. The summed E-state index contributed by atoms with van der Waals surface area (Å²) in [4.78, 5) is 0. The molecule has 2 aromatic heterocycles. The average molecular weight is 307 g/mol. The van der Waals surface area contributed by atoms with Crippen LogP contribution in [0.15, 0.2) is 46.6 Å². The Morgan fingerprint density at radius 3 is 2.50 bits per heavy atom. The molecule has 20 heavy (non-hydrogen) atoms. The summed E-state index contributed by atoms with van der Waals surface area (Å²) >= 11 is 6.94. The number of nitrogens with zero attached hydrogens (tertiary/aromatic N) is 6. The maximum atomic E-state index is 9.29. The summed E-state index contributed by atoms with van der Waals surface area (Å²) in [5.41, 5.74) is 0.734. The van der Waals surface area contributed by atoms with Gasteiger partial charge >= 0.3 is 0 Å². The quantitative estimate of drug-likeness (QED) is 0.791. The molecule has 100 valence electrons. The van der Waals surface area contributed by atoms with Gasteiger partial charge < -0.3 is 5.11 Å².